The van der Waals surface area contributed by atoms with E-state index >= 15 is 0 Å². The lowest BCUT2D eigenvalue weighted by molar-refractivity contribution is 0.102. The van der Waals surface area contributed by atoms with Crippen molar-refractivity contribution in [1.82, 2.24) is 4.98 Å². The number of benzene rings is 1. The van der Waals surface area contributed by atoms with E-state index in [1.807, 2.05) is 31.2 Å². The van der Waals surface area contributed by atoms with E-state index in [1.165, 1.54) is 0 Å². The van der Waals surface area contributed by atoms with Crippen LogP contribution < -0.4 is 10.6 Å². The summed E-state index contributed by atoms with van der Waals surface area (Å²) < 4.78 is 0. The van der Waals surface area contributed by atoms with Gasteiger partial charge in [-0.15, -0.1) is 0 Å². The summed E-state index contributed by atoms with van der Waals surface area (Å²) in [6.07, 6.45) is 5.43. The molecule has 1 amide bonds. The van der Waals surface area contributed by atoms with Crippen molar-refractivity contribution in [2.24, 2.45) is 0 Å². The van der Waals surface area contributed by atoms with Crippen LogP contribution in [-0.4, -0.2) is 17.4 Å². The highest BCUT2D eigenvalue weighted by atomic mass is 16.1. The smallest absolute Gasteiger partial charge is 0.256 e. The van der Waals surface area contributed by atoms with Crippen molar-refractivity contribution in [1.29, 1.82) is 0 Å². The molecule has 20 heavy (non-hydrogen) atoms. The Balaban J connectivity index is 1.88. The SMILES string of the molecule is Cc1cncc(NC(=O)c2cccc3c2CCCN3)c1. The molecule has 1 aliphatic heterocycles. The first-order valence-electron chi connectivity index (χ1n) is 6.83. The third kappa shape index (κ3) is 2.50. The van der Waals surface area contributed by atoms with Gasteiger partial charge in [0.2, 0.25) is 0 Å². The second kappa shape index (κ2) is 5.33. The molecule has 4 heteroatoms. The van der Waals surface area contributed by atoms with Gasteiger partial charge in [-0.05, 0) is 49.1 Å². The van der Waals surface area contributed by atoms with Gasteiger partial charge in [0, 0.05) is 24.0 Å². The molecule has 4 nitrogen and oxygen atoms in total. The maximum Gasteiger partial charge on any atom is 0.256 e. The fourth-order valence-electron chi connectivity index (χ4n) is 2.54. The van der Waals surface area contributed by atoms with E-state index in [2.05, 4.69) is 15.6 Å². The molecule has 2 aromatic rings. The predicted octanol–water partition coefficient (Wildman–Crippen LogP) is 3.00. The Bertz CT molecular complexity index is 652. The third-order valence-corrected chi connectivity index (χ3v) is 3.47. The van der Waals surface area contributed by atoms with Gasteiger partial charge in [-0.3, -0.25) is 9.78 Å². The van der Waals surface area contributed by atoms with Gasteiger partial charge in [-0.1, -0.05) is 6.07 Å². The highest BCUT2D eigenvalue weighted by Gasteiger charge is 2.17. The molecular weight excluding hydrogens is 250 g/mol. The molecule has 0 saturated carbocycles. The number of carbonyl (C=O) groups excluding carboxylic acids is 1. The third-order valence-electron chi connectivity index (χ3n) is 3.47. The lowest BCUT2D eigenvalue weighted by Crippen LogP contribution is -2.19. The van der Waals surface area contributed by atoms with Crippen molar-refractivity contribution in [2.75, 3.05) is 17.2 Å². The summed E-state index contributed by atoms with van der Waals surface area (Å²) in [5.41, 5.74) is 4.69. The van der Waals surface area contributed by atoms with Gasteiger partial charge in [0.1, 0.15) is 0 Å². The first kappa shape index (κ1) is 12.7. The Morgan fingerprint density at radius 1 is 1.35 bits per heavy atom. The second-order valence-corrected chi connectivity index (χ2v) is 5.07. The summed E-state index contributed by atoms with van der Waals surface area (Å²) >= 11 is 0. The quantitative estimate of drug-likeness (QED) is 0.879. The minimum Gasteiger partial charge on any atom is -0.385 e. The number of hydrogen-bond donors (Lipinski definition) is 2. The molecule has 0 fully saturated rings. The van der Waals surface area contributed by atoms with Gasteiger partial charge >= 0.3 is 0 Å². The van der Waals surface area contributed by atoms with E-state index in [0.29, 0.717) is 0 Å². The van der Waals surface area contributed by atoms with Gasteiger partial charge in [-0.25, -0.2) is 0 Å². The van der Waals surface area contributed by atoms with Gasteiger partial charge in [-0.2, -0.15) is 0 Å². The second-order valence-electron chi connectivity index (χ2n) is 5.07. The van der Waals surface area contributed by atoms with E-state index in [0.717, 1.165) is 47.5 Å². The van der Waals surface area contributed by atoms with Gasteiger partial charge in [0.15, 0.2) is 0 Å². The highest BCUT2D eigenvalue weighted by molar-refractivity contribution is 6.06. The zero-order chi connectivity index (χ0) is 13.9. The molecule has 0 bridgehead atoms. The first-order chi connectivity index (χ1) is 9.74. The van der Waals surface area contributed by atoms with Crippen LogP contribution in [0.4, 0.5) is 11.4 Å². The predicted molar refractivity (Wildman–Crippen MR) is 80.2 cm³/mol. The van der Waals surface area contributed by atoms with Crippen LogP contribution in [0.1, 0.15) is 27.9 Å². The molecule has 0 radical (unpaired) electrons. The minimum atomic E-state index is -0.0713. The van der Waals surface area contributed by atoms with Crippen molar-refractivity contribution in [2.45, 2.75) is 19.8 Å². The number of carbonyl (C=O) groups is 1. The molecular formula is C16H17N3O. The summed E-state index contributed by atoms with van der Waals surface area (Å²) in [5.74, 6) is -0.0713. The molecule has 2 heterocycles. The Kier molecular flexibility index (Phi) is 3.37. The number of pyridine rings is 1. The summed E-state index contributed by atoms with van der Waals surface area (Å²) in [7, 11) is 0. The number of amides is 1. The normalized spacial score (nSPS) is 13.2. The van der Waals surface area contributed by atoms with Crippen LogP contribution in [0, 0.1) is 6.92 Å². The molecule has 102 valence electrons. The van der Waals surface area contributed by atoms with Crippen molar-refractivity contribution >= 4 is 17.3 Å². The number of hydrogen-bond acceptors (Lipinski definition) is 3. The van der Waals surface area contributed by atoms with Crippen LogP contribution in [0.2, 0.25) is 0 Å². The number of nitrogens with one attached hydrogen (secondary N) is 2. The summed E-state index contributed by atoms with van der Waals surface area (Å²) in [5, 5.41) is 6.26. The van der Waals surface area contributed by atoms with Gasteiger partial charge < -0.3 is 10.6 Å². The number of rotatable bonds is 2. The molecule has 1 aliphatic rings. The molecule has 3 rings (SSSR count). The highest BCUT2D eigenvalue weighted by Crippen LogP contribution is 2.25. The van der Waals surface area contributed by atoms with Gasteiger partial charge in [0.05, 0.1) is 11.9 Å². The number of nitrogens with zero attached hydrogens (tertiary/aromatic N) is 1. The maximum atomic E-state index is 12.4. The van der Waals surface area contributed by atoms with E-state index in [4.69, 9.17) is 0 Å². The van der Waals surface area contributed by atoms with Crippen LogP contribution in [0.5, 0.6) is 0 Å². The molecule has 1 aromatic carbocycles. The summed E-state index contributed by atoms with van der Waals surface area (Å²) in [6.45, 7) is 2.93. The zero-order valence-corrected chi connectivity index (χ0v) is 11.4. The van der Waals surface area contributed by atoms with Crippen LogP contribution in [0.3, 0.4) is 0 Å². The fraction of sp³-hybridized carbons (Fsp3) is 0.250. The first-order valence-corrected chi connectivity index (χ1v) is 6.83. The Morgan fingerprint density at radius 2 is 2.25 bits per heavy atom. The van der Waals surface area contributed by atoms with Crippen molar-refractivity contribution in [3.63, 3.8) is 0 Å². The Hall–Kier alpha value is -2.36. The van der Waals surface area contributed by atoms with Crippen LogP contribution in [-0.2, 0) is 6.42 Å². The van der Waals surface area contributed by atoms with E-state index in [1.54, 1.807) is 12.4 Å². The van der Waals surface area contributed by atoms with Crippen molar-refractivity contribution < 1.29 is 4.79 Å². The summed E-state index contributed by atoms with van der Waals surface area (Å²) in [4.78, 5) is 16.5. The molecule has 0 unspecified atom stereocenters. The zero-order valence-electron chi connectivity index (χ0n) is 11.4. The Morgan fingerprint density at radius 3 is 3.10 bits per heavy atom. The van der Waals surface area contributed by atoms with Crippen molar-refractivity contribution in [3.8, 4) is 0 Å². The number of fused-ring (bicyclic) bond motifs is 1. The topological polar surface area (TPSA) is 54.0 Å². The van der Waals surface area contributed by atoms with Gasteiger partial charge in [0.25, 0.3) is 5.91 Å². The van der Waals surface area contributed by atoms with E-state index in [9.17, 15) is 4.79 Å². The number of aryl methyl sites for hydroxylation is 1. The monoisotopic (exact) mass is 267 g/mol. The Labute approximate surface area is 118 Å². The molecule has 0 atom stereocenters. The molecule has 2 N–H and O–H groups in total. The molecule has 0 saturated heterocycles. The molecule has 0 aliphatic carbocycles. The average Bonchev–Trinajstić information content (AvgIpc) is 2.46. The maximum absolute atomic E-state index is 12.4. The van der Waals surface area contributed by atoms with Crippen LogP contribution in [0.25, 0.3) is 0 Å². The van der Waals surface area contributed by atoms with E-state index in [-0.39, 0.29) is 5.91 Å². The average molecular weight is 267 g/mol. The standard InChI is InChI=1S/C16H17N3O/c1-11-8-12(10-17-9-11)19-16(20)14-4-2-6-15-13(14)5-3-7-18-15/h2,4,6,8-10,18H,3,5,7H2,1H3,(H,19,20). The summed E-state index contributed by atoms with van der Waals surface area (Å²) in [6, 6.07) is 7.74. The largest absolute Gasteiger partial charge is 0.385 e. The molecule has 1 aromatic heterocycles. The minimum absolute atomic E-state index is 0.0713. The van der Waals surface area contributed by atoms with Crippen LogP contribution in [0.15, 0.2) is 36.7 Å². The number of anilines is 2. The number of aromatic nitrogens is 1. The van der Waals surface area contributed by atoms with Crippen molar-refractivity contribution in [3.05, 3.63) is 53.3 Å². The lowest BCUT2D eigenvalue weighted by Gasteiger charge is -2.20. The van der Waals surface area contributed by atoms with E-state index < -0.39 is 0 Å². The van der Waals surface area contributed by atoms with Crippen LogP contribution >= 0.6 is 0 Å². The molecule has 0 spiro atoms. The lowest BCUT2D eigenvalue weighted by atomic mass is 9.97. The fourth-order valence-corrected chi connectivity index (χ4v) is 2.54.